The van der Waals surface area contributed by atoms with Crippen molar-refractivity contribution < 1.29 is 55.1 Å². The van der Waals surface area contributed by atoms with Crippen molar-refractivity contribution in [2.45, 2.75) is 61.4 Å². The maximum absolute atomic E-state index is 9.84. The van der Waals surface area contributed by atoms with Crippen molar-refractivity contribution in [3.8, 4) is 0 Å². The first-order chi connectivity index (χ1) is 10.8. The number of halogens is 2. The Morgan fingerprint density at radius 1 is 0.577 bits per heavy atom. The van der Waals surface area contributed by atoms with Crippen molar-refractivity contribution in [2.75, 3.05) is 13.2 Å². The van der Waals surface area contributed by atoms with Crippen LogP contribution in [0.1, 0.15) is 0 Å². The molecule has 2 aliphatic rings. The van der Waals surface area contributed by atoms with Gasteiger partial charge in [-0.2, -0.15) is 0 Å². The van der Waals surface area contributed by atoms with Crippen molar-refractivity contribution in [3.63, 3.8) is 0 Å². The fourth-order valence-electron chi connectivity index (χ4n) is 2.49. The molecule has 2 saturated heterocycles. The lowest BCUT2D eigenvalue weighted by Crippen LogP contribution is -2.63. The van der Waals surface area contributed by atoms with E-state index in [1.807, 2.05) is 0 Å². The molecule has 14 heteroatoms. The topological polar surface area (TPSA) is 225 Å². The summed E-state index contributed by atoms with van der Waals surface area (Å²) in [6.07, 6.45) is -15.6. The van der Waals surface area contributed by atoms with Crippen LogP contribution in [-0.4, -0.2) is 115 Å². The number of aliphatic hydroxyl groups excluding tert-OH is 8. The maximum Gasteiger partial charge on any atom is 0.189 e. The van der Waals surface area contributed by atoms with Gasteiger partial charge in [-0.3, -0.25) is 0 Å². The summed E-state index contributed by atoms with van der Waals surface area (Å²) in [6.45, 7) is -1.33. The van der Waals surface area contributed by atoms with E-state index in [4.69, 9.17) is 24.4 Å². The summed E-state index contributed by atoms with van der Waals surface area (Å²) >= 11 is 0. The van der Waals surface area contributed by atoms with Gasteiger partial charge in [-0.15, -0.1) is 24.8 Å². The lowest BCUT2D eigenvalue weighted by molar-refractivity contribution is -0.376. The normalized spacial score (nSPS) is 45.7. The van der Waals surface area contributed by atoms with Gasteiger partial charge < -0.3 is 61.2 Å². The zero-order valence-corrected chi connectivity index (χ0v) is 15.1. The van der Waals surface area contributed by atoms with Crippen LogP contribution in [0.25, 0.3) is 0 Å². The maximum atomic E-state index is 9.84. The zero-order chi connectivity index (χ0) is 17.3. The molecule has 160 valence electrons. The van der Waals surface area contributed by atoms with E-state index in [9.17, 15) is 30.6 Å². The molecule has 0 aliphatic carbocycles. The van der Waals surface area contributed by atoms with Crippen molar-refractivity contribution in [3.05, 3.63) is 0 Å². The van der Waals surface area contributed by atoms with Crippen LogP contribution < -0.4 is 6.15 Å². The van der Waals surface area contributed by atoms with Gasteiger partial charge in [-0.25, -0.2) is 0 Å². The monoisotopic (exact) mass is 431 g/mol. The SMILES string of the molecule is Cl.Cl.N.OC[C@H]1O[C@H](O[C@H]2O[C@H](CO)[C@@H](O)[C@H](O)[C@H]2O)[C@H](O)[C@@H](O)[C@@H]1O. The molecule has 0 aromatic heterocycles. The van der Waals surface area contributed by atoms with Crippen molar-refractivity contribution in [2.24, 2.45) is 0 Å². The molecule has 11 N–H and O–H groups in total. The molecule has 0 saturated carbocycles. The summed E-state index contributed by atoms with van der Waals surface area (Å²) in [4.78, 5) is 0. The second kappa shape index (κ2) is 11.8. The van der Waals surface area contributed by atoms with Crippen molar-refractivity contribution in [1.29, 1.82) is 0 Å². The molecule has 0 aromatic carbocycles. The second-order valence-corrected chi connectivity index (χ2v) is 5.53. The largest absolute Gasteiger partial charge is 0.394 e. The fraction of sp³-hybridized carbons (Fsp3) is 1.00. The molecule has 0 aromatic rings. The highest BCUT2D eigenvalue weighted by molar-refractivity contribution is 5.85. The molecular formula is C12H27Cl2NO11. The predicted octanol–water partition coefficient (Wildman–Crippen LogP) is -4.39. The van der Waals surface area contributed by atoms with Gasteiger partial charge in [0.05, 0.1) is 13.2 Å². The Morgan fingerprint density at radius 3 is 1.15 bits per heavy atom. The molecule has 26 heavy (non-hydrogen) atoms. The minimum absolute atomic E-state index is 0. The van der Waals surface area contributed by atoms with Gasteiger partial charge in [-0.05, 0) is 0 Å². The van der Waals surface area contributed by atoms with Crippen molar-refractivity contribution in [1.82, 2.24) is 6.15 Å². The molecule has 10 atom stereocenters. The van der Waals surface area contributed by atoms with Crippen LogP contribution in [0.4, 0.5) is 0 Å². The molecule has 0 bridgehead atoms. The molecule has 0 unspecified atom stereocenters. The van der Waals surface area contributed by atoms with Gasteiger partial charge in [0, 0.05) is 0 Å². The highest BCUT2D eigenvalue weighted by Crippen LogP contribution is 2.27. The molecule has 0 radical (unpaired) electrons. The highest BCUT2D eigenvalue weighted by Gasteiger charge is 2.49. The fourth-order valence-corrected chi connectivity index (χ4v) is 2.49. The first-order valence-electron chi connectivity index (χ1n) is 7.08. The van der Waals surface area contributed by atoms with Crippen LogP contribution in [-0.2, 0) is 14.2 Å². The van der Waals surface area contributed by atoms with Gasteiger partial charge in [0.2, 0.25) is 0 Å². The van der Waals surface area contributed by atoms with Crippen LogP contribution in [0, 0.1) is 0 Å². The predicted molar refractivity (Wildman–Crippen MR) is 88.1 cm³/mol. The molecule has 2 heterocycles. The van der Waals surface area contributed by atoms with Crippen LogP contribution in [0.5, 0.6) is 0 Å². The van der Waals surface area contributed by atoms with Crippen LogP contribution >= 0.6 is 24.8 Å². The van der Waals surface area contributed by atoms with E-state index in [2.05, 4.69) is 0 Å². The van der Waals surface area contributed by atoms with E-state index in [0.717, 1.165) is 0 Å². The number of hydrogen-bond donors (Lipinski definition) is 9. The Balaban J connectivity index is 0. The van der Waals surface area contributed by atoms with Gasteiger partial charge >= 0.3 is 0 Å². The first-order valence-corrected chi connectivity index (χ1v) is 7.08. The highest BCUT2D eigenvalue weighted by atomic mass is 35.5. The summed E-state index contributed by atoms with van der Waals surface area (Å²) < 4.78 is 15.3. The average Bonchev–Trinajstić information content (AvgIpc) is 2.55. The number of rotatable bonds is 4. The molecule has 2 aliphatic heterocycles. The van der Waals surface area contributed by atoms with Gasteiger partial charge in [0.15, 0.2) is 12.6 Å². The summed E-state index contributed by atoms with van der Waals surface area (Å²) in [7, 11) is 0. The van der Waals surface area contributed by atoms with Gasteiger partial charge in [0.25, 0.3) is 0 Å². The number of hydrogen-bond acceptors (Lipinski definition) is 12. The minimum atomic E-state index is -1.72. The van der Waals surface area contributed by atoms with E-state index >= 15 is 0 Å². The Bertz CT molecular complexity index is 360. The zero-order valence-electron chi connectivity index (χ0n) is 13.5. The van der Waals surface area contributed by atoms with E-state index in [0.29, 0.717) is 0 Å². The third kappa shape index (κ3) is 5.56. The third-order valence-corrected chi connectivity index (χ3v) is 3.97. The lowest BCUT2D eigenvalue weighted by Gasteiger charge is -2.44. The smallest absolute Gasteiger partial charge is 0.189 e. The van der Waals surface area contributed by atoms with Crippen molar-refractivity contribution >= 4 is 24.8 Å². The van der Waals surface area contributed by atoms with Crippen LogP contribution in [0.15, 0.2) is 0 Å². The summed E-state index contributed by atoms with van der Waals surface area (Å²) in [6, 6.07) is 0. The Morgan fingerprint density at radius 2 is 0.885 bits per heavy atom. The minimum Gasteiger partial charge on any atom is -0.394 e. The van der Waals surface area contributed by atoms with E-state index in [1.165, 1.54) is 0 Å². The molecule has 12 nitrogen and oxygen atoms in total. The van der Waals surface area contributed by atoms with Gasteiger partial charge in [0.1, 0.15) is 48.8 Å². The Kier molecular flexibility index (Phi) is 12.9. The molecule has 2 rings (SSSR count). The standard InChI is InChI=1S/C12H22O11.2ClH.H3N/c13-1-3-5(15)7(17)9(19)11(21-3)23-12-10(20)8(18)6(16)4(2-14)22-12;;;/h3-20H,1-2H2;2*1H;1H3/t3-,4-,5-,6-,7+,8+,9-,10-,11-,12-;;;/m1.../s1. The van der Waals surface area contributed by atoms with Crippen LogP contribution in [0.3, 0.4) is 0 Å². The average molecular weight is 432 g/mol. The van der Waals surface area contributed by atoms with E-state index in [-0.39, 0.29) is 31.0 Å². The van der Waals surface area contributed by atoms with E-state index < -0.39 is 74.6 Å². The molecule has 2 fully saturated rings. The first kappa shape index (κ1) is 28.3. The van der Waals surface area contributed by atoms with Gasteiger partial charge in [-0.1, -0.05) is 0 Å². The lowest BCUT2D eigenvalue weighted by atomic mass is 9.98. The number of ether oxygens (including phenoxy) is 3. The molecule has 0 spiro atoms. The van der Waals surface area contributed by atoms with E-state index in [1.54, 1.807) is 0 Å². The summed E-state index contributed by atoms with van der Waals surface area (Å²) in [5.74, 6) is 0. The third-order valence-electron chi connectivity index (χ3n) is 3.97. The quantitative estimate of drug-likeness (QED) is 0.205. The molecular weight excluding hydrogens is 405 g/mol. The Labute approximate surface area is 161 Å². The number of aliphatic hydroxyl groups is 8. The van der Waals surface area contributed by atoms with Crippen LogP contribution in [0.2, 0.25) is 0 Å². The summed E-state index contributed by atoms with van der Waals surface area (Å²) in [5, 5.41) is 76.4. The Hall–Kier alpha value is 0.100. The summed E-state index contributed by atoms with van der Waals surface area (Å²) in [5.41, 5.74) is 0. The second-order valence-electron chi connectivity index (χ2n) is 5.53. The molecule has 0 amide bonds.